The number of hydrogen-bond acceptors (Lipinski definition) is 3. The van der Waals surface area contributed by atoms with Crippen LogP contribution in [-0.2, 0) is 9.57 Å². The molecule has 0 radical (unpaired) electrons. The van der Waals surface area contributed by atoms with Crippen LogP contribution in [0.4, 0.5) is 5.69 Å². The van der Waals surface area contributed by atoms with E-state index in [0.717, 1.165) is 19.3 Å². The summed E-state index contributed by atoms with van der Waals surface area (Å²) in [4.78, 5) is 5.19. The lowest BCUT2D eigenvalue weighted by atomic mass is 10.2. The van der Waals surface area contributed by atoms with Crippen LogP contribution < -0.4 is 11.1 Å². The summed E-state index contributed by atoms with van der Waals surface area (Å²) in [6.45, 7) is 0.684. The summed E-state index contributed by atoms with van der Waals surface area (Å²) in [5.41, 5.74) is 6.20. The van der Waals surface area contributed by atoms with E-state index in [1.54, 1.807) is 18.2 Å². The molecule has 0 amide bonds. The molecule has 0 aliphatic carbocycles. The zero-order valence-electron chi connectivity index (χ0n) is 10.2. The Kier molecular flexibility index (Phi) is 5.13. The Balaban J connectivity index is 1.94. The summed E-state index contributed by atoms with van der Waals surface area (Å²) in [5, 5.41) is 7.48. The van der Waals surface area contributed by atoms with Gasteiger partial charge >= 0.3 is 0 Å². The molecule has 2 rings (SSSR count). The molecule has 1 aliphatic rings. The van der Waals surface area contributed by atoms with E-state index < -0.39 is 0 Å². The van der Waals surface area contributed by atoms with E-state index in [0.29, 0.717) is 22.3 Å². The van der Waals surface area contributed by atoms with Crippen LogP contribution in [0.5, 0.6) is 0 Å². The van der Waals surface area contributed by atoms with Crippen molar-refractivity contribution in [3.63, 3.8) is 0 Å². The van der Waals surface area contributed by atoms with E-state index in [9.17, 15) is 0 Å². The summed E-state index contributed by atoms with van der Waals surface area (Å²) >= 11 is 12.0. The van der Waals surface area contributed by atoms with Gasteiger partial charge in [0.05, 0.1) is 22.3 Å². The Labute approximate surface area is 121 Å². The van der Waals surface area contributed by atoms with Gasteiger partial charge in [-0.25, -0.2) is 0 Å². The van der Waals surface area contributed by atoms with Crippen LogP contribution >= 0.6 is 23.2 Å². The first-order chi connectivity index (χ1) is 9.16. The highest BCUT2D eigenvalue weighted by Gasteiger charge is 2.15. The van der Waals surface area contributed by atoms with Crippen molar-refractivity contribution in [2.45, 2.75) is 25.6 Å². The highest BCUT2D eigenvalue weighted by molar-refractivity contribution is 6.39. The van der Waals surface area contributed by atoms with Crippen molar-refractivity contribution in [1.29, 1.82) is 0 Å². The van der Waals surface area contributed by atoms with Crippen LogP contribution in [0.2, 0.25) is 10.0 Å². The molecule has 1 aromatic carbocycles. The zero-order valence-corrected chi connectivity index (χ0v) is 11.7. The Morgan fingerprint density at radius 2 is 2.11 bits per heavy atom. The van der Waals surface area contributed by atoms with Crippen LogP contribution in [-0.4, -0.2) is 18.9 Å². The number of nitrogens with zero attached hydrogens (tertiary/aromatic N) is 1. The third-order valence-electron chi connectivity index (χ3n) is 2.62. The first-order valence-electron chi connectivity index (χ1n) is 5.99. The number of rotatable bonds is 3. The lowest BCUT2D eigenvalue weighted by Gasteiger charge is -2.20. The summed E-state index contributed by atoms with van der Waals surface area (Å²) in [6.07, 6.45) is 2.58. The summed E-state index contributed by atoms with van der Waals surface area (Å²) in [7, 11) is 0. The minimum absolute atomic E-state index is 0.0733. The maximum atomic E-state index is 6.00. The molecular weight excluding hydrogens is 289 g/mol. The average molecular weight is 304 g/mol. The number of nitrogens with one attached hydrogen (secondary N) is 1. The monoisotopic (exact) mass is 303 g/mol. The second-order valence-corrected chi connectivity index (χ2v) is 4.91. The number of anilines is 1. The van der Waals surface area contributed by atoms with Crippen LogP contribution in [0.25, 0.3) is 0 Å². The number of hydrogen-bond donors (Lipinski definition) is 2. The van der Waals surface area contributed by atoms with Gasteiger partial charge in [0, 0.05) is 6.42 Å². The van der Waals surface area contributed by atoms with Crippen molar-refractivity contribution < 1.29 is 9.57 Å². The molecule has 0 bridgehead atoms. The van der Waals surface area contributed by atoms with Gasteiger partial charge in [-0.1, -0.05) is 29.3 Å². The Morgan fingerprint density at radius 3 is 2.74 bits per heavy atom. The third-order valence-corrected chi connectivity index (χ3v) is 3.25. The molecule has 1 unspecified atom stereocenters. The van der Waals surface area contributed by atoms with E-state index in [1.165, 1.54) is 0 Å². The van der Waals surface area contributed by atoms with Gasteiger partial charge in [0.2, 0.25) is 12.2 Å². The van der Waals surface area contributed by atoms with Crippen molar-refractivity contribution in [2.24, 2.45) is 10.9 Å². The quantitative estimate of drug-likeness (QED) is 0.511. The highest BCUT2D eigenvalue weighted by atomic mass is 35.5. The van der Waals surface area contributed by atoms with Crippen molar-refractivity contribution in [1.82, 2.24) is 0 Å². The largest absolute Gasteiger partial charge is 0.367 e. The third kappa shape index (κ3) is 4.16. The normalized spacial score (nSPS) is 20.1. The van der Waals surface area contributed by atoms with E-state index >= 15 is 0 Å². The van der Waals surface area contributed by atoms with Gasteiger partial charge in [-0.05, 0) is 30.1 Å². The summed E-state index contributed by atoms with van der Waals surface area (Å²) < 4.78 is 5.36. The minimum Gasteiger partial charge on any atom is -0.367 e. The number of ether oxygens (including phenoxy) is 1. The number of nitrogens with two attached hydrogens (primary N) is 1. The SMILES string of the molecule is NC(=NOC1CCCCO1)Nc1c(Cl)cccc1Cl. The van der Waals surface area contributed by atoms with E-state index in [1.807, 2.05) is 0 Å². The topological polar surface area (TPSA) is 68.9 Å². The van der Waals surface area contributed by atoms with Crippen LogP contribution in [0.3, 0.4) is 0 Å². The fraction of sp³-hybridized carbons (Fsp3) is 0.417. The lowest BCUT2D eigenvalue weighted by molar-refractivity contribution is -0.162. The van der Waals surface area contributed by atoms with E-state index in [-0.39, 0.29) is 12.2 Å². The van der Waals surface area contributed by atoms with E-state index in [4.69, 9.17) is 38.5 Å². The van der Waals surface area contributed by atoms with Crippen molar-refractivity contribution >= 4 is 34.8 Å². The van der Waals surface area contributed by atoms with Gasteiger partial charge in [0.1, 0.15) is 0 Å². The molecule has 0 aromatic heterocycles. The predicted molar refractivity (Wildman–Crippen MR) is 76.4 cm³/mol. The van der Waals surface area contributed by atoms with Crippen molar-refractivity contribution in [2.75, 3.05) is 11.9 Å². The predicted octanol–water partition coefficient (Wildman–Crippen LogP) is 3.18. The maximum absolute atomic E-state index is 6.00. The molecule has 1 fully saturated rings. The Bertz CT molecular complexity index is 442. The van der Waals surface area contributed by atoms with E-state index in [2.05, 4.69) is 10.5 Å². The fourth-order valence-electron chi connectivity index (χ4n) is 1.68. The Morgan fingerprint density at radius 1 is 1.37 bits per heavy atom. The number of oxime groups is 1. The summed E-state index contributed by atoms with van der Waals surface area (Å²) in [5.74, 6) is 0.0733. The smallest absolute Gasteiger partial charge is 0.235 e. The van der Waals surface area contributed by atoms with Gasteiger partial charge in [0.15, 0.2) is 0 Å². The maximum Gasteiger partial charge on any atom is 0.235 e. The molecule has 1 aromatic rings. The number of benzene rings is 1. The molecule has 1 atom stereocenters. The van der Waals surface area contributed by atoms with Gasteiger partial charge < -0.3 is 20.6 Å². The molecule has 0 spiro atoms. The molecule has 3 N–H and O–H groups in total. The zero-order chi connectivity index (χ0) is 13.7. The molecule has 104 valence electrons. The standard InChI is InChI=1S/C12H15Cl2N3O2/c13-8-4-3-5-9(14)11(8)16-12(15)17-19-10-6-1-2-7-18-10/h3-5,10H,1-2,6-7H2,(H3,15,16,17). The molecule has 1 aliphatic heterocycles. The molecule has 0 saturated carbocycles. The highest BCUT2D eigenvalue weighted by Crippen LogP contribution is 2.29. The average Bonchev–Trinajstić information content (AvgIpc) is 2.42. The number of guanidine groups is 1. The Hall–Kier alpha value is -1.17. The van der Waals surface area contributed by atoms with Gasteiger partial charge in [0.25, 0.3) is 0 Å². The van der Waals surface area contributed by atoms with Crippen LogP contribution in [0.1, 0.15) is 19.3 Å². The van der Waals surface area contributed by atoms with Crippen LogP contribution in [0.15, 0.2) is 23.4 Å². The fourth-order valence-corrected chi connectivity index (χ4v) is 2.17. The van der Waals surface area contributed by atoms with Crippen molar-refractivity contribution in [3.05, 3.63) is 28.2 Å². The van der Waals surface area contributed by atoms with Crippen LogP contribution in [0, 0.1) is 0 Å². The second-order valence-electron chi connectivity index (χ2n) is 4.10. The lowest BCUT2D eigenvalue weighted by Crippen LogP contribution is -2.26. The minimum atomic E-state index is -0.337. The number of para-hydroxylation sites is 1. The summed E-state index contributed by atoms with van der Waals surface area (Å²) in [6, 6.07) is 5.15. The molecular formula is C12H15Cl2N3O2. The molecule has 5 nitrogen and oxygen atoms in total. The molecule has 1 heterocycles. The van der Waals surface area contributed by atoms with Gasteiger partial charge in [-0.15, -0.1) is 0 Å². The van der Waals surface area contributed by atoms with Gasteiger partial charge in [-0.3, -0.25) is 0 Å². The molecule has 7 heteroatoms. The first kappa shape index (κ1) is 14.2. The second kappa shape index (κ2) is 6.84. The molecule has 19 heavy (non-hydrogen) atoms. The first-order valence-corrected chi connectivity index (χ1v) is 6.74. The van der Waals surface area contributed by atoms with Gasteiger partial charge in [-0.2, -0.15) is 0 Å². The van der Waals surface area contributed by atoms with Crippen molar-refractivity contribution in [3.8, 4) is 0 Å². The molecule has 1 saturated heterocycles. The number of halogens is 2.